The Morgan fingerprint density at radius 2 is 1.95 bits per heavy atom. The van der Waals surface area contributed by atoms with Crippen molar-refractivity contribution in [1.82, 2.24) is 15.2 Å². The van der Waals surface area contributed by atoms with E-state index in [-0.39, 0.29) is 6.04 Å². The Kier molecular flexibility index (Phi) is 4.22. The largest absolute Gasteiger partial charge is 0.314 e. The van der Waals surface area contributed by atoms with Gasteiger partial charge < -0.3 is 5.32 Å². The first kappa shape index (κ1) is 14.1. The molecule has 1 saturated heterocycles. The maximum atomic E-state index is 14.2. The van der Waals surface area contributed by atoms with E-state index in [1.54, 1.807) is 12.4 Å². The second-order valence-corrected chi connectivity index (χ2v) is 5.14. The molecule has 5 heteroatoms. The summed E-state index contributed by atoms with van der Waals surface area (Å²) in [6.07, 6.45) is 3.44. The van der Waals surface area contributed by atoms with Gasteiger partial charge in [-0.25, -0.2) is 8.78 Å². The average molecular weight is 289 g/mol. The van der Waals surface area contributed by atoms with Gasteiger partial charge in [0.15, 0.2) is 0 Å². The van der Waals surface area contributed by atoms with Gasteiger partial charge in [0, 0.05) is 50.2 Å². The summed E-state index contributed by atoms with van der Waals surface area (Å²) in [6.45, 7) is 3.35. The van der Waals surface area contributed by atoms with Gasteiger partial charge in [-0.2, -0.15) is 0 Å². The molecular weight excluding hydrogens is 272 g/mol. The summed E-state index contributed by atoms with van der Waals surface area (Å²) in [4.78, 5) is 6.33. The predicted octanol–water partition coefficient (Wildman–Crippen LogP) is 2.35. The molecule has 0 aliphatic carbocycles. The third kappa shape index (κ3) is 3.09. The molecule has 0 saturated carbocycles. The first-order valence-electron chi connectivity index (χ1n) is 7.05. The summed E-state index contributed by atoms with van der Waals surface area (Å²) in [6, 6.07) is 7.32. The third-order valence-corrected chi connectivity index (χ3v) is 3.77. The zero-order valence-corrected chi connectivity index (χ0v) is 11.6. The molecule has 1 fully saturated rings. The highest BCUT2D eigenvalue weighted by Crippen LogP contribution is 2.30. The van der Waals surface area contributed by atoms with Crippen LogP contribution in [0, 0.1) is 11.6 Å². The van der Waals surface area contributed by atoms with Crippen molar-refractivity contribution in [3.8, 4) is 0 Å². The van der Waals surface area contributed by atoms with Gasteiger partial charge in [-0.15, -0.1) is 0 Å². The van der Waals surface area contributed by atoms with Crippen LogP contribution in [0.1, 0.15) is 17.2 Å². The van der Waals surface area contributed by atoms with Crippen LogP contribution in [0.3, 0.4) is 0 Å². The number of rotatable bonds is 3. The van der Waals surface area contributed by atoms with E-state index in [0.717, 1.165) is 37.8 Å². The molecular formula is C16H17F2N3. The molecule has 0 amide bonds. The monoisotopic (exact) mass is 289 g/mol. The summed E-state index contributed by atoms with van der Waals surface area (Å²) < 4.78 is 27.4. The fraction of sp³-hybridized carbons (Fsp3) is 0.312. The SMILES string of the molecule is Fc1ccc(C(c2cccnc2)N2CCNCC2)c(F)c1. The lowest BCUT2D eigenvalue weighted by Gasteiger charge is -2.35. The fourth-order valence-electron chi connectivity index (χ4n) is 2.79. The van der Waals surface area contributed by atoms with Crippen LogP contribution in [0.15, 0.2) is 42.7 Å². The quantitative estimate of drug-likeness (QED) is 0.940. The Bertz CT molecular complexity index is 598. The molecule has 0 spiro atoms. The molecule has 2 heterocycles. The molecule has 1 atom stereocenters. The fourth-order valence-corrected chi connectivity index (χ4v) is 2.79. The molecule has 110 valence electrons. The van der Waals surface area contributed by atoms with E-state index in [2.05, 4.69) is 15.2 Å². The smallest absolute Gasteiger partial charge is 0.131 e. The van der Waals surface area contributed by atoms with Crippen molar-refractivity contribution in [3.63, 3.8) is 0 Å². The molecule has 0 radical (unpaired) electrons. The van der Waals surface area contributed by atoms with Crippen LogP contribution in [0.4, 0.5) is 8.78 Å². The van der Waals surface area contributed by atoms with Crippen molar-refractivity contribution >= 4 is 0 Å². The summed E-state index contributed by atoms with van der Waals surface area (Å²) >= 11 is 0. The zero-order chi connectivity index (χ0) is 14.7. The number of hydrogen-bond donors (Lipinski definition) is 1. The maximum absolute atomic E-state index is 14.2. The second-order valence-electron chi connectivity index (χ2n) is 5.14. The Hall–Kier alpha value is -1.85. The van der Waals surface area contributed by atoms with Crippen LogP contribution >= 0.6 is 0 Å². The molecule has 1 aromatic carbocycles. The second kappa shape index (κ2) is 6.28. The van der Waals surface area contributed by atoms with Gasteiger partial charge in [-0.1, -0.05) is 12.1 Å². The molecule has 21 heavy (non-hydrogen) atoms. The number of hydrogen-bond acceptors (Lipinski definition) is 3. The minimum Gasteiger partial charge on any atom is -0.314 e. The van der Waals surface area contributed by atoms with E-state index in [4.69, 9.17) is 0 Å². The van der Waals surface area contributed by atoms with E-state index >= 15 is 0 Å². The standard InChI is InChI=1S/C16H17F2N3/c17-13-3-4-14(15(18)10-13)16(12-2-1-5-20-11-12)21-8-6-19-7-9-21/h1-5,10-11,16,19H,6-9H2. The van der Waals surface area contributed by atoms with Crippen LogP contribution in [0.25, 0.3) is 0 Å². The number of piperazine rings is 1. The van der Waals surface area contributed by atoms with E-state index < -0.39 is 11.6 Å². The van der Waals surface area contributed by atoms with Crippen LogP contribution in [0.2, 0.25) is 0 Å². The summed E-state index contributed by atoms with van der Waals surface area (Å²) in [5, 5.41) is 3.29. The maximum Gasteiger partial charge on any atom is 0.131 e. The van der Waals surface area contributed by atoms with Crippen LogP contribution in [-0.2, 0) is 0 Å². The van der Waals surface area contributed by atoms with Crippen molar-refractivity contribution in [2.45, 2.75) is 6.04 Å². The Labute approximate surface area is 122 Å². The zero-order valence-electron chi connectivity index (χ0n) is 11.6. The number of pyridine rings is 1. The van der Waals surface area contributed by atoms with Gasteiger partial charge in [0.2, 0.25) is 0 Å². The number of nitrogens with zero attached hydrogens (tertiary/aromatic N) is 2. The first-order valence-corrected chi connectivity index (χ1v) is 7.05. The number of benzene rings is 1. The number of halogens is 2. The minimum absolute atomic E-state index is 0.235. The highest BCUT2D eigenvalue weighted by Gasteiger charge is 2.26. The first-order chi connectivity index (χ1) is 10.3. The molecule has 0 bridgehead atoms. The Balaban J connectivity index is 2.02. The average Bonchev–Trinajstić information content (AvgIpc) is 2.52. The molecule has 1 aliphatic rings. The Morgan fingerprint density at radius 3 is 2.62 bits per heavy atom. The Morgan fingerprint density at radius 1 is 1.14 bits per heavy atom. The molecule has 1 N–H and O–H groups in total. The topological polar surface area (TPSA) is 28.2 Å². The lowest BCUT2D eigenvalue weighted by molar-refractivity contribution is 0.195. The van der Waals surface area contributed by atoms with Crippen LogP contribution < -0.4 is 5.32 Å². The van der Waals surface area contributed by atoms with Crippen molar-refractivity contribution < 1.29 is 8.78 Å². The van der Waals surface area contributed by atoms with E-state index in [0.29, 0.717) is 5.56 Å². The summed E-state index contributed by atoms with van der Waals surface area (Å²) in [5.41, 5.74) is 1.41. The molecule has 1 aromatic heterocycles. The molecule has 3 rings (SSSR count). The van der Waals surface area contributed by atoms with Crippen molar-refractivity contribution in [3.05, 3.63) is 65.5 Å². The normalized spacial score (nSPS) is 17.6. The number of nitrogens with one attached hydrogen (secondary N) is 1. The van der Waals surface area contributed by atoms with Crippen LogP contribution in [0.5, 0.6) is 0 Å². The molecule has 1 unspecified atom stereocenters. The van der Waals surface area contributed by atoms with Crippen LogP contribution in [-0.4, -0.2) is 36.1 Å². The van der Waals surface area contributed by atoms with Gasteiger partial charge in [0.1, 0.15) is 11.6 Å². The number of aromatic nitrogens is 1. The van der Waals surface area contributed by atoms with E-state index in [9.17, 15) is 8.78 Å². The predicted molar refractivity (Wildman–Crippen MR) is 76.9 cm³/mol. The highest BCUT2D eigenvalue weighted by atomic mass is 19.1. The molecule has 3 nitrogen and oxygen atoms in total. The molecule has 1 aliphatic heterocycles. The van der Waals surface area contributed by atoms with Gasteiger partial charge in [-0.05, 0) is 17.7 Å². The van der Waals surface area contributed by atoms with Crippen molar-refractivity contribution in [1.29, 1.82) is 0 Å². The molecule has 2 aromatic rings. The lowest BCUT2D eigenvalue weighted by atomic mass is 9.97. The highest BCUT2D eigenvalue weighted by molar-refractivity contribution is 5.32. The van der Waals surface area contributed by atoms with Crippen molar-refractivity contribution in [2.24, 2.45) is 0 Å². The van der Waals surface area contributed by atoms with Gasteiger partial charge in [-0.3, -0.25) is 9.88 Å². The lowest BCUT2D eigenvalue weighted by Crippen LogP contribution is -2.45. The van der Waals surface area contributed by atoms with Crippen molar-refractivity contribution in [2.75, 3.05) is 26.2 Å². The van der Waals surface area contributed by atoms with Gasteiger partial charge >= 0.3 is 0 Å². The third-order valence-electron chi connectivity index (χ3n) is 3.77. The summed E-state index contributed by atoms with van der Waals surface area (Å²) in [5.74, 6) is -1.07. The summed E-state index contributed by atoms with van der Waals surface area (Å²) in [7, 11) is 0. The minimum atomic E-state index is -0.554. The van der Waals surface area contributed by atoms with E-state index in [1.807, 2.05) is 12.1 Å². The van der Waals surface area contributed by atoms with Gasteiger partial charge in [0.25, 0.3) is 0 Å². The van der Waals surface area contributed by atoms with E-state index in [1.165, 1.54) is 12.1 Å². The van der Waals surface area contributed by atoms with Gasteiger partial charge in [0.05, 0.1) is 6.04 Å².